The van der Waals surface area contributed by atoms with E-state index in [0.717, 1.165) is 7.11 Å². The zero-order chi connectivity index (χ0) is 12.6. The number of nitrogens with zero attached hydrogens (tertiary/aromatic N) is 1. The summed E-state index contributed by atoms with van der Waals surface area (Å²) in [4.78, 5) is 32.7. The van der Waals surface area contributed by atoms with Crippen LogP contribution in [-0.4, -0.2) is 43.7 Å². The minimum atomic E-state index is -1.00. The van der Waals surface area contributed by atoms with Crippen LogP contribution in [0.5, 0.6) is 0 Å². The molecule has 0 saturated carbocycles. The Balaban J connectivity index is 4.10. The maximum absolute atomic E-state index is 11.1. The van der Waals surface area contributed by atoms with Gasteiger partial charge in [0.15, 0.2) is 0 Å². The summed E-state index contributed by atoms with van der Waals surface area (Å²) in [5.74, 6) is -2.36. The van der Waals surface area contributed by atoms with Crippen molar-refractivity contribution < 1.29 is 23.9 Å². The fraction of sp³-hybridized carbons (Fsp3) is 0.556. The van der Waals surface area contributed by atoms with Crippen LogP contribution in [0.25, 0.3) is 0 Å². The van der Waals surface area contributed by atoms with Gasteiger partial charge in [-0.3, -0.25) is 15.0 Å². The Kier molecular flexibility index (Phi) is 6.50. The number of nitrogens with one attached hydrogen (secondary N) is 1. The number of Topliss-reactive ketones (excluding diaryl/α,β-unsaturated/α-hetero) is 1. The average molecular weight is 230 g/mol. The van der Waals surface area contributed by atoms with E-state index in [4.69, 9.17) is 0 Å². The molecule has 7 heteroatoms. The predicted molar refractivity (Wildman–Crippen MR) is 54.8 cm³/mol. The van der Waals surface area contributed by atoms with Gasteiger partial charge in [0.2, 0.25) is 0 Å². The Labute approximate surface area is 92.8 Å². The zero-order valence-corrected chi connectivity index (χ0v) is 9.40. The third kappa shape index (κ3) is 5.08. The van der Waals surface area contributed by atoms with Gasteiger partial charge in [0.05, 0.1) is 13.7 Å². The van der Waals surface area contributed by atoms with Crippen molar-refractivity contribution in [3.05, 3.63) is 0 Å². The molecule has 0 aliphatic carbocycles. The fourth-order valence-electron chi connectivity index (χ4n) is 0.726. The largest absolute Gasteiger partial charge is 0.465 e. The lowest BCUT2D eigenvalue weighted by Gasteiger charge is -2.02. The SMILES string of the molecule is CCOC(=O)CN/N=C(\C)C(=O)C(=O)OC. The lowest BCUT2D eigenvalue weighted by atomic mass is 10.3. The van der Waals surface area contributed by atoms with Gasteiger partial charge in [-0.05, 0) is 13.8 Å². The molecule has 0 aromatic carbocycles. The van der Waals surface area contributed by atoms with Gasteiger partial charge in [0.1, 0.15) is 12.3 Å². The van der Waals surface area contributed by atoms with Crippen molar-refractivity contribution in [3.63, 3.8) is 0 Å². The molecule has 1 N–H and O–H groups in total. The summed E-state index contributed by atoms with van der Waals surface area (Å²) in [5, 5.41) is 3.53. The Bertz CT molecular complexity index is 311. The van der Waals surface area contributed by atoms with Crippen LogP contribution < -0.4 is 5.43 Å². The smallest absolute Gasteiger partial charge is 0.380 e. The molecule has 0 unspecified atom stereocenters. The van der Waals surface area contributed by atoms with E-state index in [2.05, 4.69) is 20.0 Å². The number of hydrazone groups is 1. The third-order valence-corrected chi connectivity index (χ3v) is 1.47. The van der Waals surface area contributed by atoms with E-state index in [9.17, 15) is 14.4 Å². The highest BCUT2D eigenvalue weighted by molar-refractivity contribution is 6.63. The third-order valence-electron chi connectivity index (χ3n) is 1.47. The van der Waals surface area contributed by atoms with Gasteiger partial charge in [0.25, 0.3) is 5.78 Å². The summed E-state index contributed by atoms with van der Waals surface area (Å²) in [7, 11) is 1.10. The van der Waals surface area contributed by atoms with Gasteiger partial charge < -0.3 is 9.47 Å². The topological polar surface area (TPSA) is 94.1 Å². The lowest BCUT2D eigenvalue weighted by Crippen LogP contribution is -2.27. The van der Waals surface area contributed by atoms with Crippen LogP contribution >= 0.6 is 0 Å². The fourth-order valence-corrected chi connectivity index (χ4v) is 0.726. The number of hydrogen-bond donors (Lipinski definition) is 1. The second-order valence-corrected chi connectivity index (χ2v) is 2.66. The summed E-state index contributed by atoms with van der Waals surface area (Å²) in [6, 6.07) is 0. The zero-order valence-electron chi connectivity index (χ0n) is 9.40. The quantitative estimate of drug-likeness (QED) is 0.279. The van der Waals surface area contributed by atoms with E-state index >= 15 is 0 Å². The van der Waals surface area contributed by atoms with E-state index in [1.807, 2.05) is 0 Å². The highest BCUT2D eigenvalue weighted by atomic mass is 16.5. The van der Waals surface area contributed by atoms with Gasteiger partial charge >= 0.3 is 11.9 Å². The number of hydrogen-bond acceptors (Lipinski definition) is 7. The van der Waals surface area contributed by atoms with E-state index in [0.29, 0.717) is 0 Å². The molecule has 16 heavy (non-hydrogen) atoms. The number of ketones is 1. The van der Waals surface area contributed by atoms with Gasteiger partial charge in [-0.25, -0.2) is 4.79 Å². The van der Waals surface area contributed by atoms with Crippen molar-refractivity contribution in [1.29, 1.82) is 0 Å². The first-order chi connectivity index (χ1) is 7.52. The molecule has 0 atom stereocenters. The molecule has 0 heterocycles. The Morgan fingerprint density at radius 1 is 1.31 bits per heavy atom. The minimum absolute atomic E-state index is 0.0869. The number of methoxy groups -OCH3 is 1. The van der Waals surface area contributed by atoms with Gasteiger partial charge in [0, 0.05) is 0 Å². The lowest BCUT2D eigenvalue weighted by molar-refractivity contribution is -0.148. The Morgan fingerprint density at radius 2 is 1.94 bits per heavy atom. The summed E-state index contributed by atoms with van der Waals surface area (Å²) in [6.45, 7) is 3.11. The summed E-state index contributed by atoms with van der Waals surface area (Å²) in [6.07, 6.45) is 0. The molecule has 0 saturated heterocycles. The second kappa shape index (κ2) is 7.38. The molecular formula is C9H14N2O5. The van der Waals surface area contributed by atoms with Crippen molar-refractivity contribution in [2.45, 2.75) is 13.8 Å². The molecule has 0 aliphatic heterocycles. The Hall–Kier alpha value is -1.92. The van der Waals surface area contributed by atoms with Gasteiger partial charge in [-0.2, -0.15) is 5.10 Å². The van der Waals surface area contributed by atoms with Crippen molar-refractivity contribution in [1.82, 2.24) is 5.43 Å². The standard InChI is InChI=1S/C9H14N2O5/c1-4-16-7(12)5-10-11-6(2)8(13)9(14)15-3/h10H,4-5H2,1-3H3/b11-6+. The maximum Gasteiger partial charge on any atom is 0.380 e. The van der Waals surface area contributed by atoms with Crippen LogP contribution in [0.2, 0.25) is 0 Å². The normalized spacial score (nSPS) is 10.6. The molecule has 0 aromatic rings. The Morgan fingerprint density at radius 3 is 2.44 bits per heavy atom. The van der Waals surface area contributed by atoms with E-state index in [1.54, 1.807) is 6.92 Å². The first-order valence-corrected chi connectivity index (χ1v) is 4.58. The van der Waals surface area contributed by atoms with Crippen LogP contribution in [0.4, 0.5) is 0 Å². The van der Waals surface area contributed by atoms with Crippen LogP contribution in [0.1, 0.15) is 13.8 Å². The summed E-state index contributed by atoms with van der Waals surface area (Å²) < 4.78 is 8.82. The van der Waals surface area contributed by atoms with Crippen molar-refractivity contribution in [2.24, 2.45) is 5.10 Å². The monoisotopic (exact) mass is 230 g/mol. The molecule has 0 radical (unpaired) electrons. The highest BCUT2D eigenvalue weighted by Crippen LogP contribution is 1.84. The summed E-state index contributed by atoms with van der Waals surface area (Å²) in [5.41, 5.74) is 2.23. The molecule has 0 aromatic heterocycles. The first kappa shape index (κ1) is 14.1. The van der Waals surface area contributed by atoms with Crippen LogP contribution in [0, 0.1) is 0 Å². The molecule has 0 spiro atoms. The molecule has 0 aliphatic rings. The van der Waals surface area contributed by atoms with Crippen molar-refractivity contribution in [2.75, 3.05) is 20.3 Å². The van der Waals surface area contributed by atoms with E-state index < -0.39 is 17.7 Å². The number of ether oxygens (including phenoxy) is 2. The van der Waals surface area contributed by atoms with Crippen molar-refractivity contribution >= 4 is 23.4 Å². The van der Waals surface area contributed by atoms with Crippen molar-refractivity contribution in [3.8, 4) is 0 Å². The molecular weight excluding hydrogens is 216 g/mol. The van der Waals surface area contributed by atoms with Crippen LogP contribution in [0.15, 0.2) is 5.10 Å². The van der Waals surface area contributed by atoms with E-state index in [-0.39, 0.29) is 18.9 Å². The number of carbonyl (C=O) groups excluding carboxylic acids is 3. The molecule has 7 nitrogen and oxygen atoms in total. The number of rotatable bonds is 6. The summed E-state index contributed by atoms with van der Waals surface area (Å²) >= 11 is 0. The average Bonchev–Trinajstić information content (AvgIpc) is 2.27. The second-order valence-electron chi connectivity index (χ2n) is 2.66. The highest BCUT2D eigenvalue weighted by Gasteiger charge is 2.17. The predicted octanol–water partition coefficient (Wildman–Crippen LogP) is -0.743. The van der Waals surface area contributed by atoms with Crippen LogP contribution in [0.3, 0.4) is 0 Å². The number of esters is 2. The molecule has 0 rings (SSSR count). The molecule has 0 bridgehead atoms. The van der Waals surface area contributed by atoms with Gasteiger partial charge in [-0.15, -0.1) is 0 Å². The molecule has 0 fully saturated rings. The maximum atomic E-state index is 11.1. The van der Waals surface area contributed by atoms with Crippen LogP contribution in [-0.2, 0) is 23.9 Å². The van der Waals surface area contributed by atoms with E-state index in [1.165, 1.54) is 6.92 Å². The molecule has 0 amide bonds. The first-order valence-electron chi connectivity index (χ1n) is 4.58. The number of carbonyl (C=O) groups is 3. The molecule has 90 valence electrons. The van der Waals surface area contributed by atoms with Gasteiger partial charge in [-0.1, -0.05) is 0 Å². The minimum Gasteiger partial charge on any atom is -0.465 e.